The zero-order chi connectivity index (χ0) is 16.7. The number of ketones is 1. The molecular formula is C18H21NO4. The van der Waals surface area contributed by atoms with Crippen LogP contribution in [0.25, 0.3) is 0 Å². The van der Waals surface area contributed by atoms with Gasteiger partial charge < -0.3 is 13.7 Å². The van der Waals surface area contributed by atoms with Crippen LogP contribution in [0.3, 0.4) is 0 Å². The first-order chi connectivity index (χ1) is 10.9. The summed E-state index contributed by atoms with van der Waals surface area (Å²) in [4.78, 5) is 25.0. The number of aryl methyl sites for hydroxylation is 2. The standard InChI is InChI=1S/C18H21NO4/c1-10(2)22-18(21)13-7-8-19-14(13)9-11(3)16(19)17(20)15-6-5-12(4)23-15/h5-6,9-10,13H,7-8H2,1-4H3. The summed E-state index contributed by atoms with van der Waals surface area (Å²) < 4.78 is 12.7. The van der Waals surface area contributed by atoms with Gasteiger partial charge in [0, 0.05) is 12.2 Å². The van der Waals surface area contributed by atoms with Crippen molar-refractivity contribution in [2.45, 2.75) is 52.7 Å². The SMILES string of the molecule is Cc1ccc(C(=O)c2c(C)cc3n2CCC3C(=O)OC(C)C)o1. The molecule has 1 atom stereocenters. The Morgan fingerprint density at radius 3 is 2.65 bits per heavy atom. The van der Waals surface area contributed by atoms with E-state index < -0.39 is 0 Å². The average Bonchev–Trinajstić information content (AvgIpc) is 3.12. The molecule has 0 radical (unpaired) electrons. The molecule has 0 saturated heterocycles. The van der Waals surface area contributed by atoms with Crippen LogP contribution in [-0.4, -0.2) is 22.4 Å². The molecule has 0 amide bonds. The number of ether oxygens (including phenoxy) is 1. The van der Waals surface area contributed by atoms with Gasteiger partial charge in [-0.25, -0.2) is 0 Å². The maximum absolute atomic E-state index is 12.7. The van der Waals surface area contributed by atoms with Crippen molar-refractivity contribution in [3.05, 3.63) is 46.7 Å². The molecule has 0 N–H and O–H groups in total. The van der Waals surface area contributed by atoms with Gasteiger partial charge in [-0.05, 0) is 57.9 Å². The molecule has 1 unspecified atom stereocenters. The molecule has 122 valence electrons. The fourth-order valence-electron chi connectivity index (χ4n) is 3.17. The molecule has 3 heterocycles. The highest BCUT2D eigenvalue weighted by Gasteiger charge is 2.35. The first-order valence-corrected chi connectivity index (χ1v) is 7.90. The normalized spacial score (nSPS) is 16.7. The Labute approximate surface area is 135 Å². The Morgan fingerprint density at radius 1 is 1.30 bits per heavy atom. The molecule has 2 aromatic heterocycles. The average molecular weight is 315 g/mol. The predicted molar refractivity (Wildman–Crippen MR) is 84.6 cm³/mol. The first kappa shape index (κ1) is 15.6. The van der Waals surface area contributed by atoms with E-state index >= 15 is 0 Å². The molecule has 0 spiro atoms. The van der Waals surface area contributed by atoms with E-state index in [0.717, 1.165) is 11.3 Å². The van der Waals surface area contributed by atoms with Gasteiger partial charge in [0.1, 0.15) is 5.76 Å². The number of furan rings is 1. The van der Waals surface area contributed by atoms with Crippen LogP contribution in [0.15, 0.2) is 22.6 Å². The Balaban J connectivity index is 1.94. The van der Waals surface area contributed by atoms with Gasteiger partial charge in [0.05, 0.1) is 17.7 Å². The van der Waals surface area contributed by atoms with Crippen LogP contribution < -0.4 is 0 Å². The van der Waals surface area contributed by atoms with Crippen LogP contribution in [-0.2, 0) is 16.1 Å². The second kappa shape index (κ2) is 5.72. The van der Waals surface area contributed by atoms with Crippen molar-refractivity contribution in [2.24, 2.45) is 0 Å². The number of carbonyl (C=O) groups excluding carboxylic acids is 2. The smallest absolute Gasteiger partial charge is 0.315 e. The van der Waals surface area contributed by atoms with E-state index in [0.29, 0.717) is 30.2 Å². The molecular weight excluding hydrogens is 294 g/mol. The van der Waals surface area contributed by atoms with E-state index in [1.165, 1.54) is 0 Å². The molecule has 5 heteroatoms. The fourth-order valence-corrected chi connectivity index (χ4v) is 3.17. The lowest BCUT2D eigenvalue weighted by Gasteiger charge is -2.12. The maximum Gasteiger partial charge on any atom is 0.315 e. The summed E-state index contributed by atoms with van der Waals surface area (Å²) in [5.74, 6) is 0.386. The van der Waals surface area contributed by atoms with Crippen molar-refractivity contribution < 1.29 is 18.7 Å². The molecule has 23 heavy (non-hydrogen) atoms. The van der Waals surface area contributed by atoms with Gasteiger partial charge in [-0.2, -0.15) is 0 Å². The van der Waals surface area contributed by atoms with Gasteiger partial charge in [0.2, 0.25) is 5.78 Å². The summed E-state index contributed by atoms with van der Waals surface area (Å²) in [5, 5.41) is 0. The van der Waals surface area contributed by atoms with E-state index in [9.17, 15) is 9.59 Å². The summed E-state index contributed by atoms with van der Waals surface area (Å²) in [6, 6.07) is 5.39. The number of rotatable bonds is 4. The highest BCUT2D eigenvalue weighted by atomic mass is 16.5. The number of fused-ring (bicyclic) bond motifs is 1. The largest absolute Gasteiger partial charge is 0.462 e. The van der Waals surface area contributed by atoms with Crippen LogP contribution >= 0.6 is 0 Å². The maximum atomic E-state index is 12.7. The summed E-state index contributed by atoms with van der Waals surface area (Å²) >= 11 is 0. The minimum absolute atomic E-state index is 0.139. The van der Waals surface area contributed by atoms with E-state index in [-0.39, 0.29) is 23.8 Å². The van der Waals surface area contributed by atoms with Gasteiger partial charge in [0.25, 0.3) is 0 Å². The van der Waals surface area contributed by atoms with E-state index in [2.05, 4.69) is 0 Å². The third-order valence-electron chi connectivity index (χ3n) is 4.13. The first-order valence-electron chi connectivity index (χ1n) is 7.90. The number of nitrogens with zero attached hydrogens (tertiary/aromatic N) is 1. The molecule has 0 bridgehead atoms. The molecule has 0 fully saturated rings. The lowest BCUT2D eigenvalue weighted by Crippen LogP contribution is -2.18. The highest BCUT2D eigenvalue weighted by molar-refractivity contribution is 6.07. The van der Waals surface area contributed by atoms with E-state index in [4.69, 9.17) is 9.15 Å². The van der Waals surface area contributed by atoms with Crippen molar-refractivity contribution in [1.29, 1.82) is 0 Å². The summed E-state index contributed by atoms with van der Waals surface area (Å²) in [5.41, 5.74) is 2.33. The summed E-state index contributed by atoms with van der Waals surface area (Å²) in [7, 11) is 0. The zero-order valence-corrected chi connectivity index (χ0v) is 13.9. The van der Waals surface area contributed by atoms with Crippen LogP contribution in [0.1, 0.15) is 59.5 Å². The molecule has 1 aliphatic rings. The van der Waals surface area contributed by atoms with Crippen LogP contribution in [0.5, 0.6) is 0 Å². The predicted octanol–water partition coefficient (Wildman–Crippen LogP) is 3.37. The minimum Gasteiger partial charge on any atom is -0.462 e. The van der Waals surface area contributed by atoms with Crippen LogP contribution in [0.4, 0.5) is 0 Å². The molecule has 0 saturated carbocycles. The minimum atomic E-state index is -0.295. The Kier molecular flexibility index (Phi) is 3.88. The Hall–Kier alpha value is -2.30. The third-order valence-corrected chi connectivity index (χ3v) is 4.13. The summed E-state index contributed by atoms with van der Waals surface area (Å²) in [6.07, 6.45) is 0.526. The van der Waals surface area contributed by atoms with Crippen molar-refractivity contribution in [1.82, 2.24) is 4.57 Å². The second-order valence-electron chi connectivity index (χ2n) is 6.32. The second-order valence-corrected chi connectivity index (χ2v) is 6.32. The molecule has 1 aliphatic heterocycles. The van der Waals surface area contributed by atoms with Crippen molar-refractivity contribution in [3.8, 4) is 0 Å². The van der Waals surface area contributed by atoms with Gasteiger partial charge in [0.15, 0.2) is 5.76 Å². The monoisotopic (exact) mass is 315 g/mol. The van der Waals surface area contributed by atoms with Crippen LogP contribution in [0.2, 0.25) is 0 Å². The number of hydrogen-bond acceptors (Lipinski definition) is 4. The number of aromatic nitrogens is 1. The Morgan fingerprint density at radius 2 is 2.04 bits per heavy atom. The van der Waals surface area contributed by atoms with Gasteiger partial charge in [-0.15, -0.1) is 0 Å². The molecule has 2 aromatic rings. The van der Waals surface area contributed by atoms with Crippen molar-refractivity contribution >= 4 is 11.8 Å². The van der Waals surface area contributed by atoms with E-state index in [1.807, 2.05) is 38.3 Å². The van der Waals surface area contributed by atoms with Gasteiger partial charge in [-0.1, -0.05) is 0 Å². The quantitative estimate of drug-likeness (QED) is 0.641. The zero-order valence-electron chi connectivity index (χ0n) is 13.9. The number of hydrogen-bond donors (Lipinski definition) is 0. The molecule has 0 aliphatic carbocycles. The lowest BCUT2D eigenvalue weighted by molar-refractivity contribution is -0.149. The fraction of sp³-hybridized carbons (Fsp3) is 0.444. The highest BCUT2D eigenvalue weighted by Crippen LogP contribution is 2.34. The summed E-state index contributed by atoms with van der Waals surface area (Å²) in [6.45, 7) is 8.02. The van der Waals surface area contributed by atoms with Crippen molar-refractivity contribution in [2.75, 3.05) is 0 Å². The van der Waals surface area contributed by atoms with Crippen LogP contribution in [0, 0.1) is 13.8 Å². The number of esters is 1. The van der Waals surface area contributed by atoms with Gasteiger partial charge in [-0.3, -0.25) is 9.59 Å². The van der Waals surface area contributed by atoms with Gasteiger partial charge >= 0.3 is 5.97 Å². The van der Waals surface area contributed by atoms with Crippen molar-refractivity contribution in [3.63, 3.8) is 0 Å². The van der Waals surface area contributed by atoms with E-state index in [1.54, 1.807) is 12.1 Å². The molecule has 3 rings (SSSR count). The molecule has 5 nitrogen and oxygen atoms in total. The topological polar surface area (TPSA) is 61.4 Å². The third kappa shape index (κ3) is 2.71. The number of carbonyl (C=O) groups is 2. The lowest BCUT2D eigenvalue weighted by atomic mass is 10.0. The molecule has 0 aromatic carbocycles. The Bertz CT molecular complexity index is 766.